The summed E-state index contributed by atoms with van der Waals surface area (Å²) in [6, 6.07) is 42.3. The molecule has 0 amide bonds. The number of para-hydroxylation sites is 1. The van der Waals surface area contributed by atoms with Crippen LogP contribution in [0.4, 0.5) is 5.69 Å². The molecule has 2 atom stereocenters. The van der Waals surface area contributed by atoms with Gasteiger partial charge in [-0.15, -0.1) is 0 Å². The summed E-state index contributed by atoms with van der Waals surface area (Å²) in [6.45, 7) is 0.781. The molecule has 0 spiro atoms. The average Bonchev–Trinajstić information content (AvgIpc) is 3.24. The Morgan fingerprint density at radius 2 is 1.19 bits per heavy atom. The normalized spacial score (nSPS) is 18.1. The quantitative estimate of drug-likeness (QED) is 0.440. The van der Waals surface area contributed by atoms with E-state index < -0.39 is 0 Å². The van der Waals surface area contributed by atoms with Crippen molar-refractivity contribution in [2.75, 3.05) is 5.01 Å². The van der Waals surface area contributed by atoms with Crippen molar-refractivity contribution in [3.63, 3.8) is 0 Å². The van der Waals surface area contributed by atoms with Crippen molar-refractivity contribution in [1.82, 2.24) is 5.32 Å². The first-order valence-corrected chi connectivity index (χ1v) is 10.7. The summed E-state index contributed by atoms with van der Waals surface area (Å²) in [5, 5.41) is 11.2. The van der Waals surface area contributed by atoms with Crippen molar-refractivity contribution < 1.29 is 0 Å². The number of benzene rings is 4. The summed E-state index contributed by atoms with van der Waals surface area (Å²) in [5.41, 5.74) is 5.81. The van der Waals surface area contributed by atoms with Crippen LogP contribution < -0.4 is 10.3 Å². The molecule has 5 rings (SSSR count). The molecule has 4 aromatic rings. The first-order chi connectivity index (χ1) is 15.4. The summed E-state index contributed by atoms with van der Waals surface area (Å²) in [6.07, 6.45) is 0. The molecular formula is C28H25N3. The van der Waals surface area contributed by atoms with Crippen LogP contribution in [0.25, 0.3) is 0 Å². The van der Waals surface area contributed by atoms with Gasteiger partial charge in [0.25, 0.3) is 0 Å². The van der Waals surface area contributed by atoms with E-state index in [2.05, 4.69) is 126 Å². The van der Waals surface area contributed by atoms with Gasteiger partial charge in [0, 0.05) is 6.54 Å². The third-order valence-corrected chi connectivity index (χ3v) is 5.69. The zero-order chi connectivity index (χ0) is 20.9. The molecule has 0 fully saturated rings. The lowest BCUT2D eigenvalue weighted by Gasteiger charge is -2.29. The maximum atomic E-state index is 5.17. The van der Waals surface area contributed by atoms with Crippen LogP contribution in [0.3, 0.4) is 0 Å². The molecule has 1 heterocycles. The molecule has 0 aromatic heterocycles. The van der Waals surface area contributed by atoms with E-state index in [0.29, 0.717) is 0 Å². The SMILES string of the molecule is c1ccc(CN[C@H]2C(c3ccccc3)=NN(c3ccccc3)[C@H]2c2ccccc2)cc1. The Hall–Kier alpha value is -3.69. The lowest BCUT2D eigenvalue weighted by molar-refractivity contribution is 0.530. The first kappa shape index (κ1) is 19.3. The molecule has 0 aliphatic carbocycles. The van der Waals surface area contributed by atoms with Crippen molar-refractivity contribution in [3.05, 3.63) is 138 Å². The first-order valence-electron chi connectivity index (χ1n) is 10.7. The van der Waals surface area contributed by atoms with Crippen molar-refractivity contribution in [2.45, 2.75) is 18.6 Å². The zero-order valence-electron chi connectivity index (χ0n) is 17.3. The highest BCUT2D eigenvalue weighted by Crippen LogP contribution is 2.37. The van der Waals surface area contributed by atoms with E-state index in [1.54, 1.807) is 0 Å². The molecule has 1 aliphatic rings. The minimum absolute atomic E-state index is 0.0465. The minimum Gasteiger partial charge on any atom is -0.302 e. The fraction of sp³-hybridized carbons (Fsp3) is 0.107. The number of nitrogens with zero attached hydrogens (tertiary/aromatic N) is 2. The van der Waals surface area contributed by atoms with Gasteiger partial charge in [-0.1, -0.05) is 109 Å². The molecule has 0 unspecified atom stereocenters. The monoisotopic (exact) mass is 403 g/mol. The molecule has 1 N–H and O–H groups in total. The molecule has 0 bridgehead atoms. The predicted octanol–water partition coefficient (Wildman–Crippen LogP) is 5.81. The van der Waals surface area contributed by atoms with Crippen LogP contribution >= 0.6 is 0 Å². The van der Waals surface area contributed by atoms with Gasteiger partial charge in [0.1, 0.15) is 0 Å². The third kappa shape index (κ3) is 4.14. The standard InChI is InChI=1S/C28H25N3/c1-5-13-22(14-6-1)21-29-27-26(23-15-7-2-8-16-23)30-31(25-19-11-4-12-20-25)28(27)24-17-9-3-10-18-24/h1-20,27-29H,21H2/t27-,28-/m0/s1. The van der Waals surface area contributed by atoms with E-state index in [1.165, 1.54) is 11.1 Å². The van der Waals surface area contributed by atoms with Crippen LogP contribution in [0, 0.1) is 0 Å². The van der Waals surface area contributed by atoms with Gasteiger partial charge in [-0.25, -0.2) is 0 Å². The minimum atomic E-state index is 0.0465. The Morgan fingerprint density at radius 3 is 1.84 bits per heavy atom. The number of hydrazone groups is 1. The Bertz CT molecular complexity index is 1130. The third-order valence-electron chi connectivity index (χ3n) is 5.69. The Labute approximate surface area is 183 Å². The van der Waals surface area contributed by atoms with Crippen molar-refractivity contribution in [3.8, 4) is 0 Å². The molecule has 0 saturated carbocycles. The van der Waals surface area contributed by atoms with E-state index in [9.17, 15) is 0 Å². The molecule has 1 aliphatic heterocycles. The van der Waals surface area contributed by atoms with Crippen molar-refractivity contribution in [2.24, 2.45) is 5.10 Å². The van der Waals surface area contributed by atoms with E-state index in [4.69, 9.17) is 5.10 Å². The largest absolute Gasteiger partial charge is 0.302 e. The maximum absolute atomic E-state index is 5.17. The highest BCUT2D eigenvalue weighted by Gasteiger charge is 2.39. The fourth-order valence-electron chi connectivity index (χ4n) is 4.19. The van der Waals surface area contributed by atoms with Gasteiger partial charge in [0.2, 0.25) is 0 Å². The number of hydrogen-bond acceptors (Lipinski definition) is 3. The molecule has 31 heavy (non-hydrogen) atoms. The highest BCUT2D eigenvalue weighted by atomic mass is 15.5. The Balaban J connectivity index is 1.58. The van der Waals surface area contributed by atoms with Gasteiger partial charge in [0.15, 0.2) is 0 Å². The summed E-state index contributed by atoms with van der Waals surface area (Å²) in [7, 11) is 0. The molecular weight excluding hydrogens is 378 g/mol. The average molecular weight is 404 g/mol. The van der Waals surface area contributed by atoms with Crippen LogP contribution in [-0.4, -0.2) is 11.8 Å². The Morgan fingerprint density at radius 1 is 0.645 bits per heavy atom. The van der Waals surface area contributed by atoms with Crippen LogP contribution in [0.5, 0.6) is 0 Å². The second-order valence-corrected chi connectivity index (χ2v) is 7.73. The predicted molar refractivity (Wildman–Crippen MR) is 128 cm³/mol. The topological polar surface area (TPSA) is 27.6 Å². The lowest BCUT2D eigenvalue weighted by atomic mass is 9.92. The van der Waals surface area contributed by atoms with Gasteiger partial charge in [-0.3, -0.25) is 5.01 Å². The van der Waals surface area contributed by atoms with Crippen LogP contribution in [0.2, 0.25) is 0 Å². The summed E-state index contributed by atoms with van der Waals surface area (Å²) in [4.78, 5) is 0. The van der Waals surface area contributed by atoms with E-state index in [-0.39, 0.29) is 12.1 Å². The Kier molecular flexibility index (Phi) is 5.59. The number of nitrogens with one attached hydrogen (secondary N) is 1. The molecule has 0 saturated heterocycles. The molecule has 4 aromatic carbocycles. The van der Waals surface area contributed by atoms with Gasteiger partial charge >= 0.3 is 0 Å². The second-order valence-electron chi connectivity index (χ2n) is 7.73. The number of anilines is 1. The van der Waals surface area contributed by atoms with Gasteiger partial charge in [0.05, 0.1) is 23.5 Å². The highest BCUT2D eigenvalue weighted by molar-refractivity contribution is 6.07. The maximum Gasteiger partial charge on any atom is 0.0986 e. The summed E-state index contributed by atoms with van der Waals surface area (Å²) >= 11 is 0. The van der Waals surface area contributed by atoms with E-state index in [0.717, 1.165) is 23.5 Å². The van der Waals surface area contributed by atoms with E-state index in [1.807, 2.05) is 6.07 Å². The van der Waals surface area contributed by atoms with Gasteiger partial charge in [-0.05, 0) is 28.8 Å². The lowest BCUT2D eigenvalue weighted by Crippen LogP contribution is -2.41. The van der Waals surface area contributed by atoms with Gasteiger partial charge in [-0.2, -0.15) is 5.10 Å². The fourth-order valence-corrected chi connectivity index (χ4v) is 4.19. The van der Waals surface area contributed by atoms with Crippen molar-refractivity contribution in [1.29, 1.82) is 0 Å². The number of rotatable bonds is 6. The molecule has 3 heteroatoms. The summed E-state index contributed by atoms with van der Waals surface area (Å²) in [5.74, 6) is 0. The molecule has 3 nitrogen and oxygen atoms in total. The summed E-state index contributed by atoms with van der Waals surface area (Å²) < 4.78 is 0. The van der Waals surface area contributed by atoms with Crippen LogP contribution in [-0.2, 0) is 6.54 Å². The number of hydrogen-bond donors (Lipinski definition) is 1. The molecule has 0 radical (unpaired) electrons. The zero-order valence-corrected chi connectivity index (χ0v) is 17.3. The van der Waals surface area contributed by atoms with E-state index >= 15 is 0 Å². The van der Waals surface area contributed by atoms with Gasteiger partial charge < -0.3 is 5.32 Å². The van der Waals surface area contributed by atoms with Crippen LogP contribution in [0.1, 0.15) is 22.7 Å². The van der Waals surface area contributed by atoms with Crippen LogP contribution in [0.15, 0.2) is 126 Å². The van der Waals surface area contributed by atoms with Crippen molar-refractivity contribution >= 4 is 11.4 Å². The smallest absolute Gasteiger partial charge is 0.0986 e. The molecule has 152 valence electrons. The second kappa shape index (κ2) is 8.99.